The highest BCUT2D eigenvalue weighted by atomic mass is 32.1. The van der Waals surface area contributed by atoms with Gasteiger partial charge in [-0.2, -0.15) is 0 Å². The Kier molecular flexibility index (Phi) is 4.20. The lowest BCUT2D eigenvalue weighted by molar-refractivity contribution is -0.134. The van der Waals surface area contributed by atoms with Crippen LogP contribution in [-0.4, -0.2) is 22.3 Å². The van der Waals surface area contributed by atoms with Crippen LogP contribution in [0.5, 0.6) is 0 Å². The Balaban J connectivity index is 1.76. The van der Waals surface area contributed by atoms with Gasteiger partial charge in [0.1, 0.15) is 0 Å². The van der Waals surface area contributed by atoms with Gasteiger partial charge in [0.2, 0.25) is 5.91 Å². The molecule has 21 heavy (non-hydrogen) atoms. The summed E-state index contributed by atoms with van der Waals surface area (Å²) in [7, 11) is 0. The average molecular weight is 301 g/mol. The number of amides is 1. The van der Waals surface area contributed by atoms with E-state index >= 15 is 0 Å². The largest absolute Gasteiger partial charge is 0.375 e. The highest BCUT2D eigenvalue weighted by Crippen LogP contribution is 2.32. The zero-order valence-electron chi connectivity index (χ0n) is 11.9. The molecule has 1 fully saturated rings. The fourth-order valence-electron chi connectivity index (χ4n) is 2.86. The number of anilines is 1. The molecule has 0 aliphatic carbocycles. The Hall–Kier alpha value is -1.88. The highest BCUT2D eigenvalue weighted by molar-refractivity contribution is 7.13. The third kappa shape index (κ3) is 3.24. The molecule has 1 amide bonds. The standard InChI is InChI=1S/C16H19N3OS/c17-16-18-13(11-21-16)14-8-4-5-9-19(14)15(20)10-12-6-2-1-3-7-12/h1-3,6-7,11,14H,4-5,8-10H2,(H2,17,18). The molecule has 1 saturated heterocycles. The van der Waals surface area contributed by atoms with E-state index in [9.17, 15) is 4.79 Å². The first kappa shape index (κ1) is 14.1. The van der Waals surface area contributed by atoms with Gasteiger partial charge in [0.25, 0.3) is 0 Å². The summed E-state index contributed by atoms with van der Waals surface area (Å²) >= 11 is 1.44. The molecule has 0 spiro atoms. The first-order chi connectivity index (χ1) is 10.2. The smallest absolute Gasteiger partial charge is 0.227 e. The molecule has 3 rings (SSSR count). The molecule has 1 unspecified atom stereocenters. The lowest BCUT2D eigenvalue weighted by Crippen LogP contribution is -2.39. The molecule has 1 atom stereocenters. The minimum atomic E-state index is 0.0866. The van der Waals surface area contributed by atoms with Crippen molar-refractivity contribution >= 4 is 22.4 Å². The van der Waals surface area contributed by atoms with Crippen molar-refractivity contribution in [1.82, 2.24) is 9.88 Å². The van der Waals surface area contributed by atoms with E-state index in [1.54, 1.807) is 0 Å². The van der Waals surface area contributed by atoms with Gasteiger partial charge < -0.3 is 10.6 Å². The number of nitrogens with zero attached hydrogens (tertiary/aromatic N) is 2. The first-order valence-electron chi connectivity index (χ1n) is 7.28. The number of nitrogen functional groups attached to an aromatic ring is 1. The van der Waals surface area contributed by atoms with Crippen molar-refractivity contribution in [3.63, 3.8) is 0 Å². The minimum Gasteiger partial charge on any atom is -0.375 e. The van der Waals surface area contributed by atoms with Crippen molar-refractivity contribution in [3.8, 4) is 0 Å². The molecule has 0 bridgehead atoms. The molecule has 5 heteroatoms. The van der Waals surface area contributed by atoms with E-state index in [2.05, 4.69) is 4.98 Å². The molecule has 1 aromatic heterocycles. The van der Waals surface area contributed by atoms with Crippen molar-refractivity contribution < 1.29 is 4.79 Å². The molecule has 2 aromatic rings. The maximum Gasteiger partial charge on any atom is 0.227 e. The Labute approximate surface area is 128 Å². The van der Waals surface area contributed by atoms with Crippen LogP contribution in [0, 0.1) is 0 Å². The topological polar surface area (TPSA) is 59.2 Å². The molecule has 0 radical (unpaired) electrons. The number of carbonyl (C=O) groups excluding carboxylic acids is 1. The van der Waals surface area contributed by atoms with Crippen LogP contribution in [0.1, 0.15) is 36.6 Å². The Morgan fingerprint density at radius 2 is 2.14 bits per heavy atom. The Bertz CT molecular complexity index is 611. The van der Waals surface area contributed by atoms with Crippen molar-refractivity contribution in [2.24, 2.45) is 0 Å². The van der Waals surface area contributed by atoms with Crippen molar-refractivity contribution in [1.29, 1.82) is 0 Å². The van der Waals surface area contributed by atoms with Gasteiger partial charge in [0, 0.05) is 11.9 Å². The molecule has 1 aromatic carbocycles. The van der Waals surface area contributed by atoms with Crippen LogP contribution in [0.4, 0.5) is 5.13 Å². The average Bonchev–Trinajstić information content (AvgIpc) is 2.95. The van der Waals surface area contributed by atoms with Crippen LogP contribution >= 0.6 is 11.3 Å². The van der Waals surface area contributed by atoms with Crippen LogP contribution in [-0.2, 0) is 11.2 Å². The minimum absolute atomic E-state index is 0.0866. The van der Waals surface area contributed by atoms with Crippen LogP contribution in [0.2, 0.25) is 0 Å². The SMILES string of the molecule is Nc1nc(C2CCCCN2C(=O)Cc2ccccc2)cs1. The summed E-state index contributed by atoms with van der Waals surface area (Å²) in [5.41, 5.74) is 7.74. The molecule has 1 aliphatic heterocycles. The summed E-state index contributed by atoms with van der Waals surface area (Å²) in [6.45, 7) is 0.813. The van der Waals surface area contributed by atoms with Crippen molar-refractivity contribution in [2.45, 2.75) is 31.7 Å². The normalized spacial score (nSPS) is 18.7. The quantitative estimate of drug-likeness (QED) is 0.948. The molecular formula is C16H19N3OS. The van der Waals surface area contributed by atoms with Gasteiger partial charge in [-0.3, -0.25) is 4.79 Å². The number of rotatable bonds is 3. The fourth-order valence-corrected chi connectivity index (χ4v) is 3.47. The number of carbonyl (C=O) groups is 1. The van der Waals surface area contributed by atoms with Gasteiger partial charge >= 0.3 is 0 Å². The summed E-state index contributed by atoms with van der Waals surface area (Å²) in [4.78, 5) is 19.0. The van der Waals surface area contributed by atoms with Crippen LogP contribution < -0.4 is 5.73 Å². The molecule has 1 aliphatic rings. The zero-order valence-corrected chi connectivity index (χ0v) is 12.7. The second-order valence-corrected chi connectivity index (χ2v) is 6.26. The van der Waals surface area contributed by atoms with E-state index in [0.717, 1.165) is 37.1 Å². The highest BCUT2D eigenvalue weighted by Gasteiger charge is 2.29. The number of benzene rings is 1. The van der Waals surface area contributed by atoms with E-state index in [-0.39, 0.29) is 11.9 Å². The predicted molar refractivity (Wildman–Crippen MR) is 85.0 cm³/mol. The number of hydrogen-bond acceptors (Lipinski definition) is 4. The monoisotopic (exact) mass is 301 g/mol. The summed E-state index contributed by atoms with van der Waals surface area (Å²) in [5, 5.41) is 2.56. The summed E-state index contributed by atoms with van der Waals surface area (Å²) in [6.07, 6.45) is 3.63. The second kappa shape index (κ2) is 6.26. The van der Waals surface area contributed by atoms with Crippen molar-refractivity contribution in [2.75, 3.05) is 12.3 Å². The third-order valence-electron chi connectivity index (χ3n) is 3.90. The van der Waals surface area contributed by atoms with Gasteiger partial charge in [-0.25, -0.2) is 4.98 Å². The number of hydrogen-bond donors (Lipinski definition) is 1. The van der Waals surface area contributed by atoms with E-state index < -0.39 is 0 Å². The molecular weight excluding hydrogens is 282 g/mol. The molecule has 4 nitrogen and oxygen atoms in total. The van der Waals surface area contributed by atoms with E-state index in [0.29, 0.717) is 11.6 Å². The van der Waals surface area contributed by atoms with E-state index in [1.807, 2.05) is 40.6 Å². The fraction of sp³-hybridized carbons (Fsp3) is 0.375. The maximum absolute atomic E-state index is 12.6. The molecule has 110 valence electrons. The first-order valence-corrected chi connectivity index (χ1v) is 8.16. The Morgan fingerprint density at radius 1 is 1.33 bits per heavy atom. The number of thiazole rings is 1. The van der Waals surface area contributed by atoms with Gasteiger partial charge in [-0.15, -0.1) is 11.3 Å². The summed E-state index contributed by atoms with van der Waals surface area (Å²) < 4.78 is 0. The van der Waals surface area contributed by atoms with Gasteiger partial charge in [-0.1, -0.05) is 30.3 Å². The number of aromatic nitrogens is 1. The molecule has 2 heterocycles. The van der Waals surface area contributed by atoms with E-state index in [4.69, 9.17) is 5.73 Å². The lowest BCUT2D eigenvalue weighted by atomic mass is 9.99. The third-order valence-corrected chi connectivity index (χ3v) is 4.59. The zero-order chi connectivity index (χ0) is 14.7. The summed E-state index contributed by atoms with van der Waals surface area (Å²) in [5.74, 6) is 0.178. The number of nitrogens with two attached hydrogens (primary N) is 1. The second-order valence-electron chi connectivity index (χ2n) is 5.37. The summed E-state index contributed by atoms with van der Waals surface area (Å²) in [6, 6.07) is 9.99. The number of likely N-dealkylation sites (tertiary alicyclic amines) is 1. The van der Waals surface area contributed by atoms with Crippen LogP contribution in [0.25, 0.3) is 0 Å². The number of piperidine rings is 1. The Morgan fingerprint density at radius 3 is 2.86 bits per heavy atom. The van der Waals surface area contributed by atoms with Crippen molar-refractivity contribution in [3.05, 3.63) is 47.0 Å². The van der Waals surface area contributed by atoms with Crippen LogP contribution in [0.15, 0.2) is 35.7 Å². The van der Waals surface area contributed by atoms with Gasteiger partial charge in [-0.05, 0) is 24.8 Å². The molecule has 0 saturated carbocycles. The van der Waals surface area contributed by atoms with E-state index in [1.165, 1.54) is 11.3 Å². The maximum atomic E-state index is 12.6. The van der Waals surface area contributed by atoms with Crippen LogP contribution in [0.3, 0.4) is 0 Å². The van der Waals surface area contributed by atoms with Gasteiger partial charge in [0.05, 0.1) is 18.2 Å². The lowest BCUT2D eigenvalue weighted by Gasteiger charge is -2.35. The predicted octanol–water partition coefficient (Wildman–Crippen LogP) is 3.02. The molecule has 2 N–H and O–H groups in total. The van der Waals surface area contributed by atoms with Gasteiger partial charge in [0.15, 0.2) is 5.13 Å².